The first kappa shape index (κ1) is 48.6. The molecule has 0 bridgehead atoms. The maximum atomic E-state index is 12.9. The molecule has 1 amide bonds. The highest BCUT2D eigenvalue weighted by atomic mass is 16.7. The SMILES string of the molecule is CCCC/C=C/C(O)C(COC1OC(CO)C(OC2OC(CO)C(O)C(O)C2O)C(O)C1O)NC(=O)CCCCCCC/C=C\CCCCCCCCC. The summed E-state index contributed by atoms with van der Waals surface area (Å²) in [6.07, 6.45) is 10.3. The zero-order valence-corrected chi connectivity index (χ0v) is 32.7. The molecule has 14 heteroatoms. The lowest BCUT2D eigenvalue weighted by molar-refractivity contribution is -0.359. The monoisotopic (exact) mass is 776 g/mol. The predicted molar refractivity (Wildman–Crippen MR) is 203 cm³/mol. The van der Waals surface area contributed by atoms with Gasteiger partial charge < -0.3 is 65.1 Å². The quantitative estimate of drug-likeness (QED) is 0.0394. The van der Waals surface area contributed by atoms with Crippen molar-refractivity contribution in [3.8, 4) is 0 Å². The highest BCUT2D eigenvalue weighted by Gasteiger charge is 2.50. The van der Waals surface area contributed by atoms with Crippen LogP contribution < -0.4 is 5.32 Å². The Kier molecular flexibility index (Phi) is 25.9. The van der Waals surface area contributed by atoms with E-state index in [9.17, 15) is 45.6 Å². The number of hydrogen-bond donors (Lipinski definition) is 9. The molecule has 0 aliphatic carbocycles. The largest absolute Gasteiger partial charge is 0.394 e. The number of hydrogen-bond acceptors (Lipinski definition) is 13. The lowest BCUT2D eigenvalue weighted by atomic mass is 9.97. The van der Waals surface area contributed by atoms with Crippen LogP contribution in [0.1, 0.15) is 129 Å². The highest BCUT2D eigenvalue weighted by molar-refractivity contribution is 5.76. The third-order valence-electron chi connectivity index (χ3n) is 10.1. The van der Waals surface area contributed by atoms with Crippen LogP contribution in [0.4, 0.5) is 0 Å². The van der Waals surface area contributed by atoms with Gasteiger partial charge in [-0.05, 0) is 38.5 Å². The number of ether oxygens (including phenoxy) is 4. The molecule has 12 unspecified atom stereocenters. The van der Waals surface area contributed by atoms with Crippen molar-refractivity contribution in [3.05, 3.63) is 24.3 Å². The summed E-state index contributed by atoms with van der Waals surface area (Å²) in [7, 11) is 0. The maximum Gasteiger partial charge on any atom is 0.220 e. The number of aliphatic hydroxyl groups excluding tert-OH is 8. The van der Waals surface area contributed by atoms with E-state index >= 15 is 0 Å². The number of carbonyl (C=O) groups excluding carboxylic acids is 1. The van der Waals surface area contributed by atoms with Crippen LogP contribution in [0.15, 0.2) is 24.3 Å². The first-order chi connectivity index (χ1) is 26.1. The van der Waals surface area contributed by atoms with Crippen molar-refractivity contribution in [1.29, 1.82) is 0 Å². The maximum absolute atomic E-state index is 12.9. The van der Waals surface area contributed by atoms with Crippen molar-refractivity contribution >= 4 is 5.91 Å². The Morgan fingerprint density at radius 2 is 1.19 bits per heavy atom. The van der Waals surface area contributed by atoms with Gasteiger partial charge in [0.1, 0.15) is 48.8 Å². The summed E-state index contributed by atoms with van der Waals surface area (Å²) in [4.78, 5) is 12.9. The molecule has 2 aliphatic heterocycles. The minimum absolute atomic E-state index is 0.260. The summed E-state index contributed by atoms with van der Waals surface area (Å²) in [5.41, 5.74) is 0. The number of nitrogens with one attached hydrogen (secondary N) is 1. The number of aliphatic hydroxyl groups is 8. The normalized spacial score (nSPS) is 30.3. The van der Waals surface area contributed by atoms with Crippen LogP contribution in [0, 0.1) is 0 Å². The van der Waals surface area contributed by atoms with E-state index in [1.807, 2.05) is 6.08 Å². The molecule has 0 saturated carbocycles. The Labute approximate surface area is 322 Å². The van der Waals surface area contributed by atoms with E-state index in [0.29, 0.717) is 6.42 Å². The first-order valence-electron chi connectivity index (χ1n) is 20.6. The zero-order chi connectivity index (χ0) is 39.7. The van der Waals surface area contributed by atoms with Gasteiger partial charge in [-0.1, -0.05) is 109 Å². The molecule has 2 aliphatic rings. The van der Waals surface area contributed by atoms with Gasteiger partial charge in [-0.2, -0.15) is 0 Å². The molecular formula is C40H73NO13. The zero-order valence-electron chi connectivity index (χ0n) is 32.7. The fourth-order valence-corrected chi connectivity index (χ4v) is 6.62. The molecule has 9 N–H and O–H groups in total. The van der Waals surface area contributed by atoms with Crippen LogP contribution in [-0.4, -0.2) is 140 Å². The lowest BCUT2D eigenvalue weighted by Crippen LogP contribution is -2.65. The summed E-state index contributed by atoms with van der Waals surface area (Å²) >= 11 is 0. The van der Waals surface area contributed by atoms with E-state index < -0.39 is 86.8 Å². The second-order valence-corrected chi connectivity index (χ2v) is 14.8. The van der Waals surface area contributed by atoms with Crippen LogP contribution in [0.5, 0.6) is 0 Å². The van der Waals surface area contributed by atoms with Gasteiger partial charge in [0.15, 0.2) is 12.6 Å². The van der Waals surface area contributed by atoms with Gasteiger partial charge in [0.25, 0.3) is 0 Å². The van der Waals surface area contributed by atoms with Gasteiger partial charge >= 0.3 is 0 Å². The van der Waals surface area contributed by atoms with Crippen molar-refractivity contribution in [1.82, 2.24) is 5.32 Å². The average molecular weight is 776 g/mol. The summed E-state index contributed by atoms with van der Waals surface area (Å²) < 4.78 is 22.4. The number of unbranched alkanes of at least 4 members (excludes halogenated alkanes) is 14. The van der Waals surface area contributed by atoms with E-state index in [2.05, 4.69) is 31.3 Å². The molecule has 12 atom stereocenters. The van der Waals surface area contributed by atoms with Gasteiger partial charge in [0.05, 0.1) is 32.0 Å². The molecule has 2 saturated heterocycles. The van der Waals surface area contributed by atoms with Crippen molar-refractivity contribution < 1.29 is 64.6 Å². The fourth-order valence-electron chi connectivity index (χ4n) is 6.62. The first-order valence-corrected chi connectivity index (χ1v) is 20.6. The topological polar surface area (TPSA) is 228 Å². The van der Waals surface area contributed by atoms with E-state index in [4.69, 9.17) is 18.9 Å². The van der Waals surface area contributed by atoms with Crippen molar-refractivity contribution in [2.75, 3.05) is 19.8 Å². The van der Waals surface area contributed by atoms with E-state index in [-0.39, 0.29) is 18.9 Å². The van der Waals surface area contributed by atoms with Gasteiger partial charge in [-0.15, -0.1) is 0 Å². The Hall–Kier alpha value is -1.53. The minimum atomic E-state index is -1.78. The molecule has 2 heterocycles. The third kappa shape index (κ3) is 17.7. The highest BCUT2D eigenvalue weighted by Crippen LogP contribution is 2.29. The molecule has 2 rings (SSSR count). The molecule has 0 aromatic heterocycles. The second-order valence-electron chi connectivity index (χ2n) is 14.8. The van der Waals surface area contributed by atoms with E-state index in [0.717, 1.165) is 57.8 Å². The molecule has 0 aromatic rings. The molecule has 0 radical (unpaired) electrons. The van der Waals surface area contributed by atoms with Gasteiger partial charge in [0, 0.05) is 6.42 Å². The molecule has 0 aromatic carbocycles. The Morgan fingerprint density at radius 1 is 0.648 bits per heavy atom. The fraction of sp³-hybridized carbons (Fsp3) is 0.875. The molecule has 14 nitrogen and oxygen atoms in total. The molecular weight excluding hydrogens is 702 g/mol. The van der Waals surface area contributed by atoms with Crippen LogP contribution in [0.25, 0.3) is 0 Å². The number of amides is 1. The summed E-state index contributed by atoms with van der Waals surface area (Å²) in [6.45, 7) is 2.57. The van der Waals surface area contributed by atoms with Crippen LogP contribution in [-0.2, 0) is 23.7 Å². The smallest absolute Gasteiger partial charge is 0.220 e. The van der Waals surface area contributed by atoms with Gasteiger partial charge in [0.2, 0.25) is 5.91 Å². The summed E-state index contributed by atoms with van der Waals surface area (Å²) in [5, 5.41) is 85.6. The Bertz CT molecular complexity index is 1010. The Morgan fingerprint density at radius 3 is 1.80 bits per heavy atom. The molecule has 0 spiro atoms. The molecule has 54 heavy (non-hydrogen) atoms. The van der Waals surface area contributed by atoms with Crippen LogP contribution in [0.3, 0.4) is 0 Å². The minimum Gasteiger partial charge on any atom is -0.394 e. The lowest BCUT2D eigenvalue weighted by Gasteiger charge is -2.46. The molecule has 2 fully saturated rings. The van der Waals surface area contributed by atoms with Crippen molar-refractivity contribution in [3.63, 3.8) is 0 Å². The van der Waals surface area contributed by atoms with Crippen LogP contribution in [0.2, 0.25) is 0 Å². The van der Waals surface area contributed by atoms with Gasteiger partial charge in [-0.25, -0.2) is 0 Å². The third-order valence-corrected chi connectivity index (χ3v) is 10.1. The van der Waals surface area contributed by atoms with Crippen LogP contribution >= 0.6 is 0 Å². The number of carbonyl (C=O) groups is 1. The number of rotatable bonds is 29. The standard InChI is InChI=1S/C40H73NO13/c1-3-5-7-9-10-11-12-13-14-15-16-17-18-19-20-22-24-32(45)41-28(29(44)23-21-8-6-4-2)27-51-39-37(50)35(48)38(31(26-43)53-39)54-40-36(49)34(47)33(46)30(25-42)52-40/h14-15,21,23,28-31,33-40,42-44,46-50H,3-13,16-20,22,24-27H2,1-2H3,(H,41,45)/b15-14-,23-21+. The van der Waals surface area contributed by atoms with E-state index in [1.54, 1.807) is 6.08 Å². The molecule has 316 valence electrons. The Balaban J connectivity index is 1.82. The summed E-state index contributed by atoms with van der Waals surface area (Å²) in [5.74, 6) is -0.260. The summed E-state index contributed by atoms with van der Waals surface area (Å²) in [6, 6.07) is -0.910. The number of allylic oxidation sites excluding steroid dienone is 3. The van der Waals surface area contributed by atoms with Gasteiger partial charge in [-0.3, -0.25) is 4.79 Å². The average Bonchev–Trinajstić information content (AvgIpc) is 3.17. The van der Waals surface area contributed by atoms with Crippen molar-refractivity contribution in [2.45, 2.75) is 203 Å². The van der Waals surface area contributed by atoms with Crippen molar-refractivity contribution in [2.24, 2.45) is 0 Å². The second kappa shape index (κ2) is 28.8. The van der Waals surface area contributed by atoms with E-state index in [1.165, 1.54) is 44.9 Å². The predicted octanol–water partition coefficient (Wildman–Crippen LogP) is 2.65.